The van der Waals surface area contributed by atoms with Gasteiger partial charge in [-0.05, 0) is 37.6 Å². The number of amides is 1. The lowest BCUT2D eigenvalue weighted by atomic mass is 10.0. The number of thiophene rings is 1. The van der Waals surface area contributed by atoms with Crippen molar-refractivity contribution in [3.8, 4) is 9.88 Å². The summed E-state index contributed by atoms with van der Waals surface area (Å²) < 4.78 is 24.5. The maximum Gasteiger partial charge on any atom is 0.261 e. The number of carbonyl (C=O) groups is 1. The summed E-state index contributed by atoms with van der Waals surface area (Å²) in [4.78, 5) is 18.6. The standard InChI is InChI=1S/C17H16N2O3S3/c1-17(8-9-25(21,22)10-17)19-15(20)13-6-7-14(23-13)16-18-11-4-2-3-5-12(11)24-16/h2-7H,8-10H2,1H3,(H,19,20)/t17-/m1/s1. The van der Waals surface area contributed by atoms with Crippen LogP contribution >= 0.6 is 22.7 Å². The molecule has 25 heavy (non-hydrogen) atoms. The van der Waals surface area contributed by atoms with Crippen LogP contribution in [0.25, 0.3) is 20.1 Å². The van der Waals surface area contributed by atoms with Crippen molar-refractivity contribution in [1.82, 2.24) is 10.3 Å². The molecule has 3 heterocycles. The van der Waals surface area contributed by atoms with Crippen molar-refractivity contribution < 1.29 is 13.2 Å². The van der Waals surface area contributed by atoms with Gasteiger partial charge in [0.1, 0.15) is 5.01 Å². The molecule has 0 saturated carbocycles. The summed E-state index contributed by atoms with van der Waals surface area (Å²) in [6, 6.07) is 11.6. The van der Waals surface area contributed by atoms with Crippen LogP contribution in [0.2, 0.25) is 0 Å². The highest BCUT2D eigenvalue weighted by Crippen LogP contribution is 2.34. The van der Waals surface area contributed by atoms with Gasteiger partial charge in [0, 0.05) is 0 Å². The van der Waals surface area contributed by atoms with Crippen molar-refractivity contribution in [3.05, 3.63) is 41.3 Å². The maximum atomic E-state index is 12.5. The third kappa shape index (κ3) is 3.33. The Morgan fingerprint density at radius 3 is 2.72 bits per heavy atom. The van der Waals surface area contributed by atoms with Gasteiger partial charge in [-0.25, -0.2) is 13.4 Å². The number of hydrogen-bond donors (Lipinski definition) is 1. The molecule has 0 bridgehead atoms. The molecule has 1 N–H and O–H groups in total. The van der Waals surface area contributed by atoms with Crippen molar-refractivity contribution >= 4 is 48.6 Å². The highest BCUT2D eigenvalue weighted by Gasteiger charge is 2.39. The van der Waals surface area contributed by atoms with Gasteiger partial charge in [-0.2, -0.15) is 0 Å². The number of hydrogen-bond acceptors (Lipinski definition) is 6. The van der Waals surface area contributed by atoms with Crippen molar-refractivity contribution in [3.63, 3.8) is 0 Å². The SMILES string of the molecule is C[C@@]1(NC(=O)c2ccc(-c3nc4ccccc4s3)s2)CCS(=O)(=O)C1. The normalized spacial score (nSPS) is 22.3. The Labute approximate surface area is 153 Å². The second kappa shape index (κ2) is 5.89. The number of nitrogens with zero attached hydrogens (tertiary/aromatic N) is 1. The van der Waals surface area contributed by atoms with Crippen LogP contribution in [0.1, 0.15) is 23.0 Å². The molecule has 1 aromatic carbocycles. The molecule has 5 nitrogen and oxygen atoms in total. The summed E-state index contributed by atoms with van der Waals surface area (Å²) in [7, 11) is -3.05. The summed E-state index contributed by atoms with van der Waals surface area (Å²) in [5, 5.41) is 3.78. The van der Waals surface area contributed by atoms with Crippen LogP contribution in [0.3, 0.4) is 0 Å². The van der Waals surface area contributed by atoms with E-state index in [1.807, 2.05) is 30.3 Å². The van der Waals surface area contributed by atoms with Crippen LogP contribution in [-0.4, -0.2) is 36.4 Å². The van der Waals surface area contributed by atoms with E-state index in [9.17, 15) is 13.2 Å². The van der Waals surface area contributed by atoms with E-state index in [1.54, 1.807) is 24.3 Å². The van der Waals surface area contributed by atoms with Gasteiger partial charge < -0.3 is 5.32 Å². The topological polar surface area (TPSA) is 76.1 Å². The zero-order chi connectivity index (χ0) is 17.7. The summed E-state index contributed by atoms with van der Waals surface area (Å²) in [6.07, 6.45) is 0.456. The molecule has 4 rings (SSSR count). The molecular formula is C17H16N2O3S3. The lowest BCUT2D eigenvalue weighted by molar-refractivity contribution is 0.0919. The molecule has 1 aliphatic heterocycles. The first-order chi connectivity index (χ1) is 11.8. The van der Waals surface area contributed by atoms with Crippen LogP contribution in [0.5, 0.6) is 0 Å². The molecule has 0 unspecified atom stereocenters. The van der Waals surface area contributed by atoms with Gasteiger partial charge in [-0.1, -0.05) is 12.1 Å². The van der Waals surface area contributed by atoms with Gasteiger partial charge in [0.05, 0.1) is 37.0 Å². The van der Waals surface area contributed by atoms with E-state index >= 15 is 0 Å². The molecule has 1 saturated heterocycles. The highest BCUT2D eigenvalue weighted by molar-refractivity contribution is 7.91. The van der Waals surface area contributed by atoms with Crippen LogP contribution in [-0.2, 0) is 9.84 Å². The number of nitrogens with one attached hydrogen (secondary N) is 1. The molecule has 8 heteroatoms. The molecule has 1 atom stereocenters. The number of para-hydroxylation sites is 1. The third-order valence-corrected chi connectivity index (χ3v) is 8.45. The highest BCUT2D eigenvalue weighted by atomic mass is 32.2. The predicted octanol–water partition coefficient (Wildman–Crippen LogP) is 3.33. The van der Waals surface area contributed by atoms with E-state index in [0.29, 0.717) is 11.3 Å². The molecule has 0 spiro atoms. The van der Waals surface area contributed by atoms with Crippen molar-refractivity contribution in [2.45, 2.75) is 18.9 Å². The molecule has 3 aromatic rings. The Hall–Kier alpha value is -1.77. The Kier molecular flexibility index (Phi) is 3.93. The number of benzene rings is 1. The number of fused-ring (bicyclic) bond motifs is 1. The minimum absolute atomic E-state index is 0.00183. The monoisotopic (exact) mass is 392 g/mol. The Bertz CT molecular complexity index is 1030. The van der Waals surface area contributed by atoms with Crippen molar-refractivity contribution in [1.29, 1.82) is 0 Å². The summed E-state index contributed by atoms with van der Waals surface area (Å²) >= 11 is 2.97. The fourth-order valence-corrected chi connectivity index (χ4v) is 7.01. The minimum atomic E-state index is -3.05. The largest absolute Gasteiger partial charge is 0.345 e. The smallest absolute Gasteiger partial charge is 0.261 e. The molecule has 1 amide bonds. The fraction of sp³-hybridized carbons (Fsp3) is 0.294. The van der Waals surface area contributed by atoms with Crippen LogP contribution in [0, 0.1) is 0 Å². The number of thiazole rings is 1. The zero-order valence-electron chi connectivity index (χ0n) is 13.5. The van der Waals surface area contributed by atoms with Crippen molar-refractivity contribution in [2.75, 3.05) is 11.5 Å². The van der Waals surface area contributed by atoms with Gasteiger partial charge >= 0.3 is 0 Å². The van der Waals surface area contributed by atoms with Crippen LogP contribution in [0.4, 0.5) is 0 Å². The average Bonchev–Trinajstić information content (AvgIpc) is 3.24. The molecule has 0 aliphatic carbocycles. The van der Waals surface area contributed by atoms with Crippen LogP contribution < -0.4 is 5.32 Å². The first-order valence-corrected chi connectivity index (χ1v) is 11.3. The van der Waals surface area contributed by atoms with E-state index in [-0.39, 0.29) is 17.4 Å². The number of rotatable bonds is 3. The van der Waals surface area contributed by atoms with E-state index in [0.717, 1.165) is 20.1 Å². The van der Waals surface area contributed by atoms with Gasteiger partial charge in [0.25, 0.3) is 5.91 Å². The Balaban J connectivity index is 1.55. The summed E-state index contributed by atoms with van der Waals surface area (Å²) in [6.45, 7) is 1.79. The zero-order valence-corrected chi connectivity index (χ0v) is 15.9. The van der Waals surface area contributed by atoms with E-state index < -0.39 is 15.4 Å². The molecule has 0 radical (unpaired) electrons. The van der Waals surface area contributed by atoms with E-state index in [4.69, 9.17) is 0 Å². The Morgan fingerprint density at radius 2 is 2.00 bits per heavy atom. The second-order valence-corrected chi connectivity index (χ2v) is 10.8. The van der Waals surface area contributed by atoms with Gasteiger partial charge in [-0.3, -0.25) is 4.79 Å². The average molecular weight is 393 g/mol. The third-order valence-electron chi connectivity index (χ3n) is 4.25. The maximum absolute atomic E-state index is 12.5. The Morgan fingerprint density at radius 1 is 1.20 bits per heavy atom. The second-order valence-electron chi connectivity index (χ2n) is 6.51. The first-order valence-electron chi connectivity index (χ1n) is 7.82. The predicted molar refractivity (Wildman–Crippen MR) is 102 cm³/mol. The van der Waals surface area contributed by atoms with Gasteiger partial charge in [0.2, 0.25) is 0 Å². The number of sulfone groups is 1. The molecule has 1 aliphatic rings. The van der Waals surface area contributed by atoms with Crippen LogP contribution in [0.15, 0.2) is 36.4 Å². The van der Waals surface area contributed by atoms with Gasteiger partial charge in [-0.15, -0.1) is 22.7 Å². The summed E-state index contributed by atoms with van der Waals surface area (Å²) in [5.41, 5.74) is 0.265. The van der Waals surface area contributed by atoms with E-state index in [1.165, 1.54) is 11.3 Å². The fourth-order valence-electron chi connectivity index (χ4n) is 3.00. The van der Waals surface area contributed by atoms with Crippen molar-refractivity contribution in [2.24, 2.45) is 0 Å². The summed E-state index contributed by atoms with van der Waals surface area (Å²) in [5.74, 6) is -0.0931. The quantitative estimate of drug-likeness (QED) is 0.742. The number of carbonyl (C=O) groups excluding carboxylic acids is 1. The lowest BCUT2D eigenvalue weighted by Crippen LogP contribution is -2.46. The molecule has 1 fully saturated rings. The van der Waals surface area contributed by atoms with E-state index in [2.05, 4.69) is 10.3 Å². The minimum Gasteiger partial charge on any atom is -0.345 e. The first kappa shape index (κ1) is 16.7. The molecular weight excluding hydrogens is 376 g/mol. The number of aromatic nitrogens is 1. The molecule has 130 valence electrons. The lowest BCUT2D eigenvalue weighted by Gasteiger charge is -2.23. The van der Waals surface area contributed by atoms with Gasteiger partial charge in [0.15, 0.2) is 9.84 Å². The molecule has 2 aromatic heterocycles.